The number of amides is 2. The topological polar surface area (TPSA) is 86.8 Å². The van der Waals surface area contributed by atoms with Gasteiger partial charge in [-0.2, -0.15) is 0 Å². The van der Waals surface area contributed by atoms with Crippen molar-refractivity contribution >= 4 is 62.3 Å². The summed E-state index contributed by atoms with van der Waals surface area (Å²) in [6.45, 7) is 8.37. The van der Waals surface area contributed by atoms with Crippen LogP contribution >= 0.6 is 34.8 Å². The molecule has 0 bridgehead atoms. The van der Waals surface area contributed by atoms with Crippen LogP contribution in [0.15, 0.2) is 71.6 Å². The van der Waals surface area contributed by atoms with Crippen LogP contribution < -0.4 is 9.62 Å². The maximum Gasteiger partial charge on any atom is 0.264 e. The van der Waals surface area contributed by atoms with E-state index in [1.165, 1.54) is 23.1 Å². The molecule has 0 aromatic heterocycles. The molecule has 0 radical (unpaired) electrons. The molecule has 0 aliphatic heterocycles. The van der Waals surface area contributed by atoms with Crippen LogP contribution in [0.5, 0.6) is 0 Å². The number of hydrogen-bond acceptors (Lipinski definition) is 4. The molecule has 7 nitrogen and oxygen atoms in total. The molecule has 0 saturated heterocycles. The highest BCUT2D eigenvalue weighted by atomic mass is 35.5. The van der Waals surface area contributed by atoms with Gasteiger partial charge in [0.05, 0.1) is 10.6 Å². The molecule has 3 aromatic rings. The van der Waals surface area contributed by atoms with Crippen LogP contribution in [0.25, 0.3) is 0 Å². The Morgan fingerprint density at radius 2 is 1.51 bits per heavy atom. The summed E-state index contributed by atoms with van der Waals surface area (Å²) in [5.74, 6) is -1.000. The van der Waals surface area contributed by atoms with Gasteiger partial charge in [0.1, 0.15) is 12.6 Å². The SMILES string of the molecule is CC[C@@H](C(=O)NC(C)(C)C)N(Cc1c(Cl)cccc1Cl)C(=O)CN(c1ccc(C)c(Cl)c1)S(=O)(=O)c1ccccc1. The summed E-state index contributed by atoms with van der Waals surface area (Å²) in [6, 6.07) is 16.6. The van der Waals surface area contributed by atoms with Gasteiger partial charge < -0.3 is 10.2 Å². The van der Waals surface area contributed by atoms with Crippen molar-refractivity contribution in [2.75, 3.05) is 10.8 Å². The van der Waals surface area contributed by atoms with E-state index in [0.717, 1.165) is 9.87 Å². The molecular formula is C30H34Cl3N3O4S. The van der Waals surface area contributed by atoms with Crippen LogP contribution in [-0.4, -0.2) is 43.3 Å². The Morgan fingerprint density at radius 3 is 2.05 bits per heavy atom. The third kappa shape index (κ3) is 8.16. The second kappa shape index (κ2) is 13.5. The van der Waals surface area contributed by atoms with Crippen LogP contribution in [0.2, 0.25) is 15.1 Å². The van der Waals surface area contributed by atoms with Gasteiger partial charge in [-0.3, -0.25) is 13.9 Å². The Balaban J connectivity index is 2.13. The van der Waals surface area contributed by atoms with Crippen molar-refractivity contribution in [1.82, 2.24) is 10.2 Å². The van der Waals surface area contributed by atoms with Crippen molar-refractivity contribution < 1.29 is 18.0 Å². The van der Waals surface area contributed by atoms with E-state index in [1.807, 2.05) is 20.8 Å². The Bertz CT molecular complexity index is 1490. The summed E-state index contributed by atoms with van der Waals surface area (Å²) < 4.78 is 28.8. The molecular weight excluding hydrogens is 605 g/mol. The maximum atomic E-state index is 14.2. The van der Waals surface area contributed by atoms with Crippen molar-refractivity contribution in [2.45, 2.75) is 64.1 Å². The lowest BCUT2D eigenvalue weighted by Crippen LogP contribution is -2.55. The maximum absolute atomic E-state index is 14.2. The molecule has 41 heavy (non-hydrogen) atoms. The summed E-state index contributed by atoms with van der Waals surface area (Å²) in [4.78, 5) is 28.9. The van der Waals surface area contributed by atoms with Crippen molar-refractivity contribution in [3.8, 4) is 0 Å². The number of sulfonamides is 1. The molecule has 0 spiro atoms. The first kappa shape index (κ1) is 32.7. The molecule has 0 aliphatic carbocycles. The van der Waals surface area contributed by atoms with Crippen LogP contribution in [0.1, 0.15) is 45.2 Å². The lowest BCUT2D eigenvalue weighted by atomic mass is 10.1. The summed E-state index contributed by atoms with van der Waals surface area (Å²) in [7, 11) is -4.21. The van der Waals surface area contributed by atoms with Crippen molar-refractivity contribution in [1.29, 1.82) is 0 Å². The lowest BCUT2D eigenvalue weighted by molar-refractivity contribution is -0.141. The molecule has 0 fully saturated rings. The minimum absolute atomic E-state index is 0.00251. The molecule has 3 rings (SSSR count). The van der Waals surface area contributed by atoms with E-state index in [9.17, 15) is 18.0 Å². The van der Waals surface area contributed by atoms with E-state index in [-0.39, 0.29) is 29.5 Å². The number of rotatable bonds is 10. The van der Waals surface area contributed by atoms with E-state index >= 15 is 0 Å². The predicted molar refractivity (Wildman–Crippen MR) is 166 cm³/mol. The van der Waals surface area contributed by atoms with Crippen molar-refractivity contribution in [3.05, 3.63) is 92.9 Å². The van der Waals surface area contributed by atoms with E-state index in [1.54, 1.807) is 62.4 Å². The number of carbonyl (C=O) groups excluding carboxylic acids is 2. The van der Waals surface area contributed by atoms with Crippen LogP contribution in [0, 0.1) is 6.92 Å². The molecule has 0 aliphatic rings. The molecule has 1 atom stereocenters. The van der Waals surface area contributed by atoms with Crippen LogP contribution in [-0.2, 0) is 26.2 Å². The zero-order valence-electron chi connectivity index (χ0n) is 23.6. The quantitative estimate of drug-likeness (QED) is 0.263. The Labute approximate surface area is 257 Å². The third-order valence-electron chi connectivity index (χ3n) is 6.33. The molecule has 11 heteroatoms. The normalized spacial score (nSPS) is 12.5. The molecule has 1 N–H and O–H groups in total. The van der Waals surface area contributed by atoms with Crippen molar-refractivity contribution in [3.63, 3.8) is 0 Å². The number of halogens is 3. The highest BCUT2D eigenvalue weighted by molar-refractivity contribution is 7.92. The predicted octanol–water partition coefficient (Wildman–Crippen LogP) is 6.87. The average Bonchev–Trinajstić information content (AvgIpc) is 2.89. The minimum Gasteiger partial charge on any atom is -0.350 e. The first-order valence-corrected chi connectivity index (χ1v) is 15.6. The molecule has 0 unspecified atom stereocenters. The van der Waals surface area contributed by atoms with Gasteiger partial charge in [-0.05, 0) is 76.1 Å². The number of carbonyl (C=O) groups is 2. The largest absolute Gasteiger partial charge is 0.350 e. The number of nitrogens with zero attached hydrogens (tertiary/aromatic N) is 2. The van der Waals surface area contributed by atoms with E-state index in [4.69, 9.17) is 34.8 Å². The van der Waals surface area contributed by atoms with Gasteiger partial charge in [0.2, 0.25) is 11.8 Å². The Morgan fingerprint density at radius 1 is 0.902 bits per heavy atom. The fourth-order valence-electron chi connectivity index (χ4n) is 4.21. The van der Waals surface area contributed by atoms with Gasteiger partial charge in [0, 0.05) is 32.7 Å². The molecule has 220 valence electrons. The van der Waals surface area contributed by atoms with E-state index < -0.39 is 34.1 Å². The molecule has 2 amide bonds. The smallest absolute Gasteiger partial charge is 0.264 e. The summed E-state index contributed by atoms with van der Waals surface area (Å²) in [5, 5.41) is 3.91. The fraction of sp³-hybridized carbons (Fsp3) is 0.333. The van der Waals surface area contributed by atoms with Gasteiger partial charge in [0.15, 0.2) is 0 Å². The zero-order valence-corrected chi connectivity index (χ0v) is 26.7. The van der Waals surface area contributed by atoms with Gasteiger partial charge in [0.25, 0.3) is 10.0 Å². The van der Waals surface area contributed by atoms with Crippen LogP contribution in [0.4, 0.5) is 5.69 Å². The first-order valence-electron chi connectivity index (χ1n) is 13.0. The minimum atomic E-state index is -4.21. The average molecular weight is 639 g/mol. The third-order valence-corrected chi connectivity index (χ3v) is 9.23. The number of anilines is 1. The monoisotopic (exact) mass is 637 g/mol. The van der Waals surface area contributed by atoms with Gasteiger partial charge >= 0.3 is 0 Å². The first-order chi connectivity index (χ1) is 19.2. The number of benzene rings is 3. The lowest BCUT2D eigenvalue weighted by Gasteiger charge is -2.35. The standard InChI is InChI=1S/C30H34Cl3N3O4S/c1-6-27(29(38)34-30(3,4)5)35(18-23-24(31)13-10-14-25(23)32)28(37)19-36(21-16-15-20(2)26(33)17-21)41(39,40)22-11-8-7-9-12-22/h7-17,27H,6,18-19H2,1-5H3,(H,34,38)/t27-/m0/s1. The number of aryl methyl sites for hydroxylation is 1. The Kier molecular flexibility index (Phi) is 10.7. The van der Waals surface area contributed by atoms with Crippen molar-refractivity contribution in [2.24, 2.45) is 0 Å². The second-order valence-electron chi connectivity index (χ2n) is 10.6. The summed E-state index contributed by atoms with van der Waals surface area (Å²) >= 11 is 19.3. The molecule has 0 saturated carbocycles. The van der Waals surface area contributed by atoms with Gasteiger partial charge in [-0.15, -0.1) is 0 Å². The Hall–Kier alpha value is -2.78. The van der Waals surface area contributed by atoms with E-state index in [0.29, 0.717) is 20.6 Å². The highest BCUT2D eigenvalue weighted by Crippen LogP contribution is 2.30. The summed E-state index contributed by atoms with van der Waals surface area (Å²) in [6.07, 6.45) is 0.261. The highest BCUT2D eigenvalue weighted by Gasteiger charge is 2.35. The number of nitrogens with one attached hydrogen (secondary N) is 1. The second-order valence-corrected chi connectivity index (χ2v) is 13.7. The van der Waals surface area contributed by atoms with Gasteiger partial charge in [-0.25, -0.2) is 8.42 Å². The molecule has 0 heterocycles. The fourth-order valence-corrected chi connectivity index (χ4v) is 6.33. The zero-order chi connectivity index (χ0) is 30.5. The van der Waals surface area contributed by atoms with Gasteiger partial charge in [-0.1, -0.05) is 72.1 Å². The van der Waals surface area contributed by atoms with E-state index in [2.05, 4.69) is 5.32 Å². The summed E-state index contributed by atoms with van der Waals surface area (Å²) in [5.41, 5.74) is 0.837. The molecule has 3 aromatic carbocycles. The van der Waals surface area contributed by atoms with Crippen LogP contribution in [0.3, 0.4) is 0 Å². The number of hydrogen-bond donors (Lipinski definition) is 1.